The average molecular weight is 385 g/mol. The molecule has 0 aliphatic rings. The molecule has 2 rings (SSSR count). The SMILES string of the molecule is COc1cc(/C=N\OCC(=O)Nc2ccc(F)c(F)c2)cc(Cl)c1OC. The second-order valence-corrected chi connectivity index (χ2v) is 5.33. The Morgan fingerprint density at radius 1 is 1.19 bits per heavy atom. The van der Waals surface area contributed by atoms with Gasteiger partial charge in [0.25, 0.3) is 5.91 Å². The maximum Gasteiger partial charge on any atom is 0.265 e. The molecule has 6 nitrogen and oxygen atoms in total. The first kappa shape index (κ1) is 19.5. The molecular formula is C17H15ClF2N2O4. The van der Waals surface area contributed by atoms with E-state index in [1.807, 2.05) is 0 Å². The molecule has 0 radical (unpaired) electrons. The van der Waals surface area contributed by atoms with E-state index in [0.29, 0.717) is 22.1 Å². The predicted octanol–water partition coefficient (Wildman–Crippen LogP) is 3.62. The fourth-order valence-corrected chi connectivity index (χ4v) is 2.27. The van der Waals surface area contributed by atoms with Gasteiger partial charge in [0.15, 0.2) is 29.7 Å². The average Bonchev–Trinajstić information content (AvgIpc) is 2.61. The van der Waals surface area contributed by atoms with Crippen LogP contribution in [0, 0.1) is 11.6 Å². The van der Waals surface area contributed by atoms with E-state index in [4.69, 9.17) is 25.9 Å². The van der Waals surface area contributed by atoms with E-state index in [2.05, 4.69) is 10.5 Å². The number of nitrogens with one attached hydrogen (secondary N) is 1. The van der Waals surface area contributed by atoms with Crippen molar-refractivity contribution >= 4 is 29.4 Å². The lowest BCUT2D eigenvalue weighted by Crippen LogP contribution is -2.17. The van der Waals surface area contributed by atoms with E-state index in [1.54, 1.807) is 12.1 Å². The maximum atomic E-state index is 13.1. The Morgan fingerprint density at radius 2 is 1.96 bits per heavy atom. The largest absolute Gasteiger partial charge is 0.493 e. The fraction of sp³-hybridized carbons (Fsp3) is 0.176. The van der Waals surface area contributed by atoms with Gasteiger partial charge in [0.2, 0.25) is 0 Å². The van der Waals surface area contributed by atoms with Gasteiger partial charge in [0, 0.05) is 17.3 Å². The Labute approximate surface area is 153 Å². The van der Waals surface area contributed by atoms with Crippen LogP contribution >= 0.6 is 11.6 Å². The molecule has 2 aromatic carbocycles. The van der Waals surface area contributed by atoms with E-state index in [0.717, 1.165) is 12.1 Å². The molecule has 26 heavy (non-hydrogen) atoms. The summed E-state index contributed by atoms with van der Waals surface area (Å²) in [7, 11) is 2.93. The van der Waals surface area contributed by atoms with Crippen LogP contribution in [0.4, 0.5) is 14.5 Å². The molecule has 1 N–H and O–H groups in total. The minimum Gasteiger partial charge on any atom is -0.493 e. The summed E-state index contributed by atoms with van der Waals surface area (Å²) in [6.45, 7) is -0.420. The van der Waals surface area contributed by atoms with Crippen LogP contribution in [-0.4, -0.2) is 32.9 Å². The molecule has 0 fully saturated rings. The van der Waals surface area contributed by atoms with Crippen molar-refractivity contribution in [2.45, 2.75) is 0 Å². The van der Waals surface area contributed by atoms with Crippen LogP contribution in [0.25, 0.3) is 0 Å². The van der Waals surface area contributed by atoms with E-state index >= 15 is 0 Å². The molecule has 9 heteroatoms. The van der Waals surface area contributed by atoms with Crippen LogP contribution in [0.1, 0.15) is 5.56 Å². The number of rotatable bonds is 7. The Hall–Kier alpha value is -2.87. The van der Waals surface area contributed by atoms with Crippen molar-refractivity contribution < 1.29 is 27.9 Å². The van der Waals surface area contributed by atoms with Crippen molar-refractivity contribution in [3.63, 3.8) is 0 Å². The first-order valence-corrected chi connectivity index (χ1v) is 7.64. The van der Waals surface area contributed by atoms with Crippen LogP contribution in [0.5, 0.6) is 11.5 Å². The number of ether oxygens (including phenoxy) is 2. The number of benzene rings is 2. The van der Waals surface area contributed by atoms with Crippen molar-refractivity contribution in [1.29, 1.82) is 0 Å². The number of amides is 1. The van der Waals surface area contributed by atoms with Gasteiger partial charge in [0.1, 0.15) is 0 Å². The van der Waals surface area contributed by atoms with Crippen molar-refractivity contribution in [3.05, 3.63) is 52.6 Å². The third-order valence-electron chi connectivity index (χ3n) is 3.13. The molecule has 0 spiro atoms. The van der Waals surface area contributed by atoms with Crippen LogP contribution in [0.3, 0.4) is 0 Å². The summed E-state index contributed by atoms with van der Waals surface area (Å²) in [4.78, 5) is 16.5. The molecule has 0 bridgehead atoms. The minimum absolute atomic E-state index is 0.105. The zero-order chi connectivity index (χ0) is 19.1. The summed E-state index contributed by atoms with van der Waals surface area (Å²) in [6, 6.07) is 6.20. The van der Waals surface area contributed by atoms with Gasteiger partial charge in [-0.05, 0) is 24.3 Å². The Balaban J connectivity index is 1.91. The predicted molar refractivity (Wildman–Crippen MR) is 93.1 cm³/mol. The molecular weight excluding hydrogens is 370 g/mol. The summed E-state index contributed by atoms with van der Waals surface area (Å²) >= 11 is 6.06. The van der Waals surface area contributed by atoms with Gasteiger partial charge in [-0.2, -0.15) is 0 Å². The second-order valence-electron chi connectivity index (χ2n) is 4.92. The zero-order valence-corrected chi connectivity index (χ0v) is 14.6. The minimum atomic E-state index is -1.06. The lowest BCUT2D eigenvalue weighted by molar-refractivity contribution is -0.120. The molecule has 2 aromatic rings. The zero-order valence-electron chi connectivity index (χ0n) is 13.9. The highest BCUT2D eigenvalue weighted by atomic mass is 35.5. The second kappa shape index (κ2) is 9.00. The molecule has 0 unspecified atom stereocenters. The number of oxime groups is 1. The summed E-state index contributed by atoms with van der Waals surface area (Å²) in [5, 5.41) is 6.32. The maximum absolute atomic E-state index is 13.1. The summed E-state index contributed by atoms with van der Waals surface area (Å²) in [5.74, 6) is -1.85. The number of carbonyl (C=O) groups is 1. The van der Waals surface area contributed by atoms with E-state index in [1.165, 1.54) is 26.5 Å². The number of hydrogen-bond acceptors (Lipinski definition) is 5. The van der Waals surface area contributed by atoms with Gasteiger partial charge >= 0.3 is 0 Å². The molecule has 0 heterocycles. The third-order valence-corrected chi connectivity index (χ3v) is 3.41. The number of anilines is 1. The Morgan fingerprint density at radius 3 is 2.62 bits per heavy atom. The monoisotopic (exact) mass is 384 g/mol. The number of hydrogen-bond donors (Lipinski definition) is 1. The molecule has 138 valence electrons. The number of halogens is 3. The topological polar surface area (TPSA) is 69.2 Å². The van der Waals surface area contributed by atoms with Gasteiger partial charge < -0.3 is 19.6 Å². The highest BCUT2D eigenvalue weighted by Crippen LogP contribution is 2.35. The van der Waals surface area contributed by atoms with E-state index in [9.17, 15) is 13.6 Å². The first-order valence-electron chi connectivity index (χ1n) is 7.26. The van der Waals surface area contributed by atoms with Gasteiger partial charge in [-0.15, -0.1) is 0 Å². The lowest BCUT2D eigenvalue weighted by atomic mass is 10.2. The van der Waals surface area contributed by atoms with Crippen LogP contribution in [-0.2, 0) is 9.63 Å². The van der Waals surface area contributed by atoms with E-state index in [-0.39, 0.29) is 5.69 Å². The van der Waals surface area contributed by atoms with Gasteiger partial charge in [-0.1, -0.05) is 16.8 Å². The number of methoxy groups -OCH3 is 2. The molecule has 0 aliphatic heterocycles. The van der Waals surface area contributed by atoms with Crippen LogP contribution in [0.2, 0.25) is 5.02 Å². The Kier molecular flexibility index (Phi) is 6.74. The molecule has 0 saturated heterocycles. The summed E-state index contributed by atoms with van der Waals surface area (Å²) < 4.78 is 36.1. The van der Waals surface area contributed by atoms with Crippen molar-refractivity contribution in [2.75, 3.05) is 26.1 Å². The standard InChI is InChI=1S/C17H15ClF2N2O4/c1-24-15-6-10(5-12(18)17(15)25-2)8-21-26-9-16(23)22-11-3-4-13(19)14(20)7-11/h3-8H,9H2,1-2H3,(H,22,23)/b21-8-. The quantitative estimate of drug-likeness (QED) is 0.584. The van der Waals surface area contributed by atoms with Gasteiger partial charge in [-0.25, -0.2) is 8.78 Å². The summed E-state index contributed by atoms with van der Waals surface area (Å²) in [6.07, 6.45) is 1.33. The fourth-order valence-electron chi connectivity index (χ4n) is 1.98. The number of nitrogens with zero attached hydrogens (tertiary/aromatic N) is 1. The molecule has 0 saturated carbocycles. The highest BCUT2D eigenvalue weighted by Gasteiger charge is 2.10. The number of carbonyl (C=O) groups excluding carboxylic acids is 1. The van der Waals surface area contributed by atoms with Gasteiger partial charge in [-0.3, -0.25) is 4.79 Å². The third kappa shape index (κ3) is 5.06. The van der Waals surface area contributed by atoms with Crippen molar-refractivity contribution in [2.24, 2.45) is 5.16 Å². The molecule has 1 amide bonds. The smallest absolute Gasteiger partial charge is 0.265 e. The highest BCUT2D eigenvalue weighted by molar-refractivity contribution is 6.32. The van der Waals surface area contributed by atoms with Crippen molar-refractivity contribution in [3.8, 4) is 11.5 Å². The Bertz CT molecular complexity index is 831. The van der Waals surface area contributed by atoms with Crippen molar-refractivity contribution in [1.82, 2.24) is 0 Å². The van der Waals surface area contributed by atoms with E-state index < -0.39 is 24.1 Å². The normalized spacial score (nSPS) is 10.7. The molecule has 0 aliphatic carbocycles. The first-order chi connectivity index (χ1) is 12.4. The van der Waals surface area contributed by atoms with Gasteiger partial charge in [0.05, 0.1) is 25.5 Å². The lowest BCUT2D eigenvalue weighted by Gasteiger charge is -2.09. The summed E-state index contributed by atoms with van der Waals surface area (Å²) in [5.41, 5.74) is 0.668. The molecule has 0 aromatic heterocycles. The van der Waals surface area contributed by atoms with Crippen LogP contribution in [0.15, 0.2) is 35.5 Å². The van der Waals surface area contributed by atoms with Crippen LogP contribution < -0.4 is 14.8 Å². The molecule has 0 atom stereocenters.